The van der Waals surface area contributed by atoms with Crippen molar-refractivity contribution in [3.05, 3.63) is 82.4 Å². The van der Waals surface area contributed by atoms with E-state index < -0.39 is 50.5 Å². The van der Waals surface area contributed by atoms with Crippen LogP contribution in [0, 0.1) is 0 Å². The van der Waals surface area contributed by atoms with Gasteiger partial charge in [0.2, 0.25) is 0 Å². The molecule has 0 unspecified atom stereocenters. The number of anilines is 2. The largest absolute Gasteiger partial charge is 0.486 e. The highest BCUT2D eigenvalue weighted by Crippen LogP contribution is 2.46. The summed E-state index contributed by atoms with van der Waals surface area (Å²) in [6.07, 6.45) is -10.3. The smallest absolute Gasteiger partial charge is 0.418 e. The lowest BCUT2D eigenvalue weighted by Crippen LogP contribution is -2.46. The second-order valence-electron chi connectivity index (χ2n) is 10.4. The van der Waals surface area contributed by atoms with Gasteiger partial charge in [-0.15, -0.1) is 0 Å². The maximum absolute atomic E-state index is 13.8. The molecule has 1 saturated heterocycles. The zero-order valence-corrected chi connectivity index (χ0v) is 24.5. The molecular formula is C29H25ClF6N2O5S. The van der Waals surface area contributed by atoms with Crippen LogP contribution in [0.2, 0.25) is 5.02 Å². The maximum atomic E-state index is 13.8. The van der Waals surface area contributed by atoms with Crippen molar-refractivity contribution in [2.24, 2.45) is 0 Å². The first-order valence-electron chi connectivity index (χ1n) is 13.3. The van der Waals surface area contributed by atoms with Gasteiger partial charge in [0.25, 0.3) is 10.0 Å². The predicted molar refractivity (Wildman–Crippen MR) is 149 cm³/mol. The quantitative estimate of drug-likeness (QED) is 0.203. The number of alkyl halides is 6. The fourth-order valence-corrected chi connectivity index (χ4v) is 7.08. The van der Waals surface area contributed by atoms with E-state index in [0.29, 0.717) is 11.6 Å². The molecule has 0 N–H and O–H groups in total. The number of nitrogens with zero attached hydrogens (tertiary/aromatic N) is 2. The predicted octanol–water partition coefficient (Wildman–Crippen LogP) is 6.89. The SMILES string of the molecule is COC(=O)CC[C@H]1CN(S(=O)(=O)c2cccc(C(F)(F)F)c2)c2cc(C3CN(c4c(Cl)cccc4C(F)(F)F)C3)ccc2O1. The van der Waals surface area contributed by atoms with Gasteiger partial charge in [-0.3, -0.25) is 9.10 Å². The Kier molecular flexibility index (Phi) is 8.44. The van der Waals surface area contributed by atoms with Crippen LogP contribution in [-0.2, 0) is 31.9 Å². The number of ether oxygens (including phenoxy) is 2. The van der Waals surface area contributed by atoms with Crippen LogP contribution in [0.1, 0.15) is 35.4 Å². The number of fused-ring (bicyclic) bond motifs is 1. The van der Waals surface area contributed by atoms with Crippen LogP contribution in [0.4, 0.5) is 37.7 Å². The highest BCUT2D eigenvalue weighted by Gasteiger charge is 2.41. The third kappa shape index (κ3) is 6.27. The molecule has 7 nitrogen and oxygen atoms in total. The van der Waals surface area contributed by atoms with Crippen molar-refractivity contribution < 1.29 is 49.0 Å². The first-order valence-corrected chi connectivity index (χ1v) is 15.1. The normalized spacial score (nSPS) is 17.5. The second kappa shape index (κ2) is 11.7. The summed E-state index contributed by atoms with van der Waals surface area (Å²) in [6.45, 7) is -0.0133. The number of carbonyl (C=O) groups is 1. The highest BCUT2D eigenvalue weighted by atomic mass is 35.5. The summed E-state index contributed by atoms with van der Waals surface area (Å²) in [6, 6.07) is 11.5. The third-order valence-corrected chi connectivity index (χ3v) is 9.60. The molecule has 5 rings (SSSR count). The third-order valence-electron chi connectivity index (χ3n) is 7.52. The van der Waals surface area contributed by atoms with E-state index in [2.05, 4.69) is 4.74 Å². The molecule has 1 fully saturated rings. The van der Waals surface area contributed by atoms with Gasteiger partial charge in [0.15, 0.2) is 0 Å². The van der Waals surface area contributed by atoms with Crippen LogP contribution in [0.5, 0.6) is 5.75 Å². The van der Waals surface area contributed by atoms with Gasteiger partial charge >= 0.3 is 18.3 Å². The van der Waals surface area contributed by atoms with Gasteiger partial charge in [0, 0.05) is 25.4 Å². The van der Waals surface area contributed by atoms with Crippen molar-refractivity contribution in [2.75, 3.05) is 35.9 Å². The molecule has 0 amide bonds. The van der Waals surface area contributed by atoms with Gasteiger partial charge in [0.05, 0.1) is 46.1 Å². The number of methoxy groups -OCH3 is 1. The molecule has 1 atom stereocenters. The minimum Gasteiger partial charge on any atom is -0.486 e. The van der Waals surface area contributed by atoms with E-state index in [1.165, 1.54) is 36.3 Å². The summed E-state index contributed by atoms with van der Waals surface area (Å²) in [7, 11) is -3.37. The van der Waals surface area contributed by atoms with Crippen LogP contribution in [0.25, 0.3) is 0 Å². The zero-order chi connectivity index (χ0) is 32.0. The van der Waals surface area contributed by atoms with E-state index in [0.717, 1.165) is 28.6 Å². The average molecular weight is 663 g/mol. The van der Waals surface area contributed by atoms with Crippen LogP contribution in [0.15, 0.2) is 65.6 Å². The van der Waals surface area contributed by atoms with E-state index in [4.69, 9.17) is 16.3 Å². The monoisotopic (exact) mass is 662 g/mol. The number of rotatable bonds is 7. The van der Waals surface area contributed by atoms with Gasteiger partial charge in [-0.1, -0.05) is 29.8 Å². The van der Waals surface area contributed by atoms with E-state index in [9.17, 15) is 39.6 Å². The van der Waals surface area contributed by atoms with Gasteiger partial charge in [-0.2, -0.15) is 26.3 Å². The van der Waals surface area contributed by atoms with Gasteiger partial charge in [-0.25, -0.2) is 8.42 Å². The molecule has 0 radical (unpaired) electrons. The van der Waals surface area contributed by atoms with E-state index in [-0.39, 0.29) is 60.5 Å². The number of para-hydroxylation sites is 1. The van der Waals surface area contributed by atoms with Crippen molar-refractivity contribution >= 4 is 39.0 Å². The highest BCUT2D eigenvalue weighted by molar-refractivity contribution is 7.92. The van der Waals surface area contributed by atoms with Crippen LogP contribution in [0.3, 0.4) is 0 Å². The second-order valence-corrected chi connectivity index (χ2v) is 12.6. The molecule has 0 bridgehead atoms. The number of benzene rings is 3. The minimum absolute atomic E-state index is 0.0569. The number of esters is 1. The Morgan fingerprint density at radius 1 is 0.977 bits per heavy atom. The van der Waals surface area contributed by atoms with Crippen LogP contribution in [-0.4, -0.2) is 47.2 Å². The summed E-state index contributed by atoms with van der Waals surface area (Å²) < 4.78 is 120. The van der Waals surface area contributed by atoms with Gasteiger partial charge in [-0.05, 0) is 54.4 Å². The number of hydrogen-bond acceptors (Lipinski definition) is 6. The Labute approximate surface area is 254 Å². The molecule has 2 heterocycles. The van der Waals surface area contributed by atoms with Crippen LogP contribution >= 0.6 is 11.6 Å². The Morgan fingerprint density at radius 2 is 1.68 bits per heavy atom. The topological polar surface area (TPSA) is 76.2 Å². The molecule has 2 aliphatic heterocycles. The Bertz CT molecular complexity index is 1680. The average Bonchev–Trinajstić information content (AvgIpc) is 2.94. The molecule has 3 aromatic rings. The number of halogens is 7. The molecule has 15 heteroatoms. The Hall–Kier alpha value is -3.65. The lowest BCUT2D eigenvalue weighted by atomic mass is 9.89. The van der Waals surface area contributed by atoms with Crippen molar-refractivity contribution in [3.8, 4) is 5.75 Å². The molecule has 3 aromatic carbocycles. The van der Waals surface area contributed by atoms with Crippen molar-refractivity contribution in [3.63, 3.8) is 0 Å². The maximum Gasteiger partial charge on any atom is 0.418 e. The zero-order valence-electron chi connectivity index (χ0n) is 23.0. The summed E-state index contributed by atoms with van der Waals surface area (Å²) in [5.41, 5.74) is -1.53. The van der Waals surface area contributed by atoms with Crippen LogP contribution < -0.4 is 13.9 Å². The van der Waals surface area contributed by atoms with Crippen molar-refractivity contribution in [1.29, 1.82) is 0 Å². The number of hydrogen-bond donors (Lipinski definition) is 0. The lowest BCUT2D eigenvalue weighted by molar-refractivity contribution is -0.141. The first-order chi connectivity index (χ1) is 20.6. The Morgan fingerprint density at radius 3 is 2.34 bits per heavy atom. The fourth-order valence-electron chi connectivity index (χ4n) is 5.24. The molecule has 2 aliphatic rings. The van der Waals surface area contributed by atoms with E-state index in [1.54, 1.807) is 6.07 Å². The molecule has 0 aliphatic carbocycles. The van der Waals surface area contributed by atoms with E-state index in [1.807, 2.05) is 0 Å². The standard InChI is InChI=1S/C29H25ClF6N2O5S/c1-42-26(39)11-9-20-16-38(44(40,41)21-5-2-4-19(13-21)28(31,32)33)24-12-17(8-10-25(24)43-20)18-14-37(15-18)27-22(29(34,35)36)6-3-7-23(27)30/h2-8,10,12-13,18,20H,9,11,14-16H2,1H3/t20-/m0/s1. The number of carbonyl (C=O) groups excluding carboxylic acids is 1. The molecular weight excluding hydrogens is 638 g/mol. The summed E-state index contributed by atoms with van der Waals surface area (Å²) >= 11 is 6.14. The first kappa shape index (κ1) is 31.8. The number of sulfonamides is 1. The molecule has 44 heavy (non-hydrogen) atoms. The lowest BCUT2D eigenvalue weighted by Gasteiger charge is -2.43. The summed E-state index contributed by atoms with van der Waals surface area (Å²) in [5.74, 6) is -0.747. The summed E-state index contributed by atoms with van der Waals surface area (Å²) in [4.78, 5) is 12.6. The molecule has 0 spiro atoms. The van der Waals surface area contributed by atoms with E-state index >= 15 is 0 Å². The minimum atomic E-state index is -4.78. The molecule has 236 valence electrons. The molecule has 0 aromatic heterocycles. The molecule has 0 saturated carbocycles. The van der Waals surface area contributed by atoms with Gasteiger partial charge < -0.3 is 14.4 Å². The van der Waals surface area contributed by atoms with Crippen molar-refractivity contribution in [1.82, 2.24) is 0 Å². The van der Waals surface area contributed by atoms with Gasteiger partial charge in [0.1, 0.15) is 11.9 Å². The Balaban J connectivity index is 1.47. The van der Waals surface area contributed by atoms with Crippen molar-refractivity contribution in [2.45, 2.75) is 42.1 Å². The fraction of sp³-hybridized carbons (Fsp3) is 0.345. The summed E-state index contributed by atoms with van der Waals surface area (Å²) in [5, 5.41) is -0.0616.